The summed E-state index contributed by atoms with van der Waals surface area (Å²) in [6.07, 6.45) is 4.32. The van der Waals surface area contributed by atoms with E-state index in [0.717, 1.165) is 36.0 Å². The molecule has 1 N–H and O–H groups in total. The Morgan fingerprint density at radius 2 is 2.17 bits per heavy atom. The van der Waals surface area contributed by atoms with Gasteiger partial charge in [-0.1, -0.05) is 11.6 Å². The fourth-order valence-electron chi connectivity index (χ4n) is 2.49. The van der Waals surface area contributed by atoms with Crippen molar-refractivity contribution >= 4 is 39.3 Å². The van der Waals surface area contributed by atoms with E-state index in [-0.39, 0.29) is 6.09 Å². The molecule has 1 aliphatic rings. The summed E-state index contributed by atoms with van der Waals surface area (Å²) >= 11 is 9.29. The van der Waals surface area contributed by atoms with Gasteiger partial charge in [-0.3, -0.25) is 0 Å². The van der Waals surface area contributed by atoms with Gasteiger partial charge in [0.25, 0.3) is 0 Å². The van der Waals surface area contributed by atoms with Gasteiger partial charge < -0.3 is 15.0 Å². The second-order valence-electron chi connectivity index (χ2n) is 6.74. The van der Waals surface area contributed by atoms with E-state index in [2.05, 4.69) is 26.2 Å². The van der Waals surface area contributed by atoms with Crippen molar-refractivity contribution < 1.29 is 9.53 Å². The Balaban J connectivity index is 1.90. The van der Waals surface area contributed by atoms with Crippen LogP contribution >= 0.6 is 27.5 Å². The number of ether oxygens (including phenoxy) is 1. The van der Waals surface area contributed by atoms with Crippen LogP contribution < -0.4 is 5.32 Å². The first kappa shape index (κ1) is 18.3. The molecule has 1 aromatic heterocycles. The van der Waals surface area contributed by atoms with E-state index >= 15 is 0 Å². The number of halogens is 2. The minimum Gasteiger partial charge on any atom is -0.444 e. The number of carbonyl (C=O) groups is 1. The van der Waals surface area contributed by atoms with Gasteiger partial charge in [0, 0.05) is 19.1 Å². The molecule has 0 aromatic carbocycles. The summed E-state index contributed by atoms with van der Waals surface area (Å²) < 4.78 is 6.22. The molecule has 1 amide bonds. The van der Waals surface area contributed by atoms with E-state index in [4.69, 9.17) is 16.3 Å². The van der Waals surface area contributed by atoms with E-state index in [1.807, 2.05) is 26.8 Å². The van der Waals surface area contributed by atoms with Crippen LogP contribution in [0.5, 0.6) is 0 Å². The van der Waals surface area contributed by atoms with Gasteiger partial charge in [0.2, 0.25) is 0 Å². The van der Waals surface area contributed by atoms with Gasteiger partial charge in [-0.05, 0) is 62.0 Å². The lowest BCUT2D eigenvalue weighted by atomic mass is 10.1. The van der Waals surface area contributed by atoms with Gasteiger partial charge in [-0.25, -0.2) is 9.78 Å². The zero-order valence-electron chi connectivity index (χ0n) is 13.7. The smallest absolute Gasteiger partial charge is 0.410 e. The average Bonchev–Trinajstić information content (AvgIpc) is 2.67. The van der Waals surface area contributed by atoms with Gasteiger partial charge in [-0.2, -0.15) is 0 Å². The molecule has 1 aliphatic heterocycles. The SMILES string of the molecule is CC(C)(C)OC(=O)N1CCCC(Nc2cnc(Cl)c(Br)c2)CC1. The van der Waals surface area contributed by atoms with Crippen molar-refractivity contribution in [1.29, 1.82) is 0 Å². The molecule has 23 heavy (non-hydrogen) atoms. The molecule has 0 saturated carbocycles. The molecule has 0 aliphatic carbocycles. The first-order valence-electron chi connectivity index (χ1n) is 7.80. The summed E-state index contributed by atoms with van der Waals surface area (Å²) in [6, 6.07) is 2.23. The first-order valence-corrected chi connectivity index (χ1v) is 8.97. The molecule has 1 aromatic rings. The van der Waals surface area contributed by atoms with Crippen LogP contribution in [0.25, 0.3) is 0 Å². The lowest BCUT2D eigenvalue weighted by molar-refractivity contribution is 0.0256. The zero-order chi connectivity index (χ0) is 17.0. The van der Waals surface area contributed by atoms with Crippen molar-refractivity contribution in [2.24, 2.45) is 0 Å². The molecule has 2 heterocycles. The van der Waals surface area contributed by atoms with Crippen LogP contribution in [0.4, 0.5) is 10.5 Å². The monoisotopic (exact) mass is 403 g/mol. The van der Waals surface area contributed by atoms with Crippen molar-refractivity contribution in [3.63, 3.8) is 0 Å². The molecule has 5 nitrogen and oxygen atoms in total. The van der Waals surface area contributed by atoms with E-state index < -0.39 is 5.60 Å². The van der Waals surface area contributed by atoms with E-state index in [0.29, 0.717) is 17.7 Å². The van der Waals surface area contributed by atoms with Crippen LogP contribution in [0.15, 0.2) is 16.7 Å². The molecule has 1 unspecified atom stereocenters. The number of aromatic nitrogens is 1. The molecule has 128 valence electrons. The van der Waals surface area contributed by atoms with Crippen LogP contribution in [0.3, 0.4) is 0 Å². The third-order valence-electron chi connectivity index (χ3n) is 3.55. The molecule has 2 rings (SSSR count). The number of nitrogens with one attached hydrogen (secondary N) is 1. The second kappa shape index (κ2) is 7.71. The molecule has 0 bridgehead atoms. The van der Waals surface area contributed by atoms with Crippen molar-refractivity contribution in [2.75, 3.05) is 18.4 Å². The standard InChI is InChI=1S/C16H23BrClN3O2/c1-16(2,3)23-15(22)21-7-4-5-11(6-8-21)20-12-9-13(17)14(18)19-10-12/h9-11,20H,4-8H2,1-3H3. The first-order chi connectivity index (χ1) is 10.7. The normalized spacial score (nSPS) is 19.2. The fourth-order valence-corrected chi connectivity index (χ4v) is 2.94. The molecule has 0 spiro atoms. The molecule has 7 heteroatoms. The van der Waals surface area contributed by atoms with Gasteiger partial charge in [-0.15, -0.1) is 0 Å². The van der Waals surface area contributed by atoms with Gasteiger partial charge in [0.15, 0.2) is 0 Å². The number of nitrogens with zero attached hydrogens (tertiary/aromatic N) is 2. The van der Waals surface area contributed by atoms with Gasteiger partial charge in [0.05, 0.1) is 16.4 Å². The molecule has 1 fully saturated rings. The van der Waals surface area contributed by atoms with Crippen LogP contribution in [0, 0.1) is 0 Å². The zero-order valence-corrected chi connectivity index (χ0v) is 16.1. The number of rotatable bonds is 2. The highest BCUT2D eigenvalue weighted by molar-refractivity contribution is 9.10. The molecule has 1 saturated heterocycles. The third-order valence-corrected chi connectivity index (χ3v) is 4.68. The molecular weight excluding hydrogens is 382 g/mol. The predicted octanol–water partition coefficient (Wildman–Crippen LogP) is 4.70. The highest BCUT2D eigenvalue weighted by Crippen LogP contribution is 2.25. The predicted molar refractivity (Wildman–Crippen MR) is 96.0 cm³/mol. The Hall–Kier alpha value is -1.01. The number of amides is 1. The van der Waals surface area contributed by atoms with E-state index in [1.165, 1.54) is 0 Å². The minimum atomic E-state index is -0.456. The maximum absolute atomic E-state index is 12.2. The number of hydrogen-bond acceptors (Lipinski definition) is 4. The highest BCUT2D eigenvalue weighted by Gasteiger charge is 2.25. The van der Waals surface area contributed by atoms with Crippen molar-refractivity contribution in [3.8, 4) is 0 Å². The highest BCUT2D eigenvalue weighted by atomic mass is 79.9. The van der Waals surface area contributed by atoms with Crippen LogP contribution in [0.2, 0.25) is 5.15 Å². The lowest BCUT2D eigenvalue weighted by Gasteiger charge is -2.26. The number of likely N-dealkylation sites (tertiary alicyclic amines) is 1. The second-order valence-corrected chi connectivity index (χ2v) is 7.95. The molecule has 1 atom stereocenters. The quantitative estimate of drug-likeness (QED) is 0.726. The van der Waals surface area contributed by atoms with Crippen LogP contribution in [-0.4, -0.2) is 40.7 Å². The average molecular weight is 405 g/mol. The van der Waals surface area contributed by atoms with Crippen molar-refractivity contribution in [1.82, 2.24) is 9.88 Å². The number of hydrogen-bond donors (Lipinski definition) is 1. The van der Waals surface area contributed by atoms with Gasteiger partial charge >= 0.3 is 6.09 Å². The lowest BCUT2D eigenvalue weighted by Crippen LogP contribution is -2.37. The minimum absolute atomic E-state index is 0.228. The largest absolute Gasteiger partial charge is 0.444 e. The van der Waals surface area contributed by atoms with Crippen LogP contribution in [-0.2, 0) is 4.74 Å². The summed E-state index contributed by atoms with van der Waals surface area (Å²) in [4.78, 5) is 18.1. The van der Waals surface area contributed by atoms with Gasteiger partial charge in [0.1, 0.15) is 10.8 Å². The van der Waals surface area contributed by atoms with Crippen molar-refractivity contribution in [3.05, 3.63) is 21.9 Å². The van der Waals surface area contributed by atoms with Crippen molar-refractivity contribution in [2.45, 2.75) is 51.7 Å². The Morgan fingerprint density at radius 3 is 2.83 bits per heavy atom. The fraction of sp³-hybridized carbons (Fsp3) is 0.625. The summed E-state index contributed by atoms with van der Waals surface area (Å²) in [5.41, 5.74) is 0.472. The summed E-state index contributed by atoms with van der Waals surface area (Å²) in [6.45, 7) is 7.08. The molecular formula is C16H23BrClN3O2. The summed E-state index contributed by atoms with van der Waals surface area (Å²) in [7, 11) is 0. The van der Waals surface area contributed by atoms with E-state index in [9.17, 15) is 4.79 Å². The summed E-state index contributed by atoms with van der Waals surface area (Å²) in [5, 5.41) is 3.92. The third kappa shape index (κ3) is 5.84. The maximum Gasteiger partial charge on any atom is 0.410 e. The Morgan fingerprint density at radius 1 is 1.43 bits per heavy atom. The number of anilines is 1. The number of pyridine rings is 1. The Kier molecular flexibility index (Phi) is 6.14. The van der Waals surface area contributed by atoms with Crippen LogP contribution in [0.1, 0.15) is 40.0 Å². The van der Waals surface area contributed by atoms with E-state index in [1.54, 1.807) is 11.1 Å². The Labute approximate surface area is 150 Å². The Bertz CT molecular complexity index is 563. The topological polar surface area (TPSA) is 54.5 Å². The number of carbonyl (C=O) groups excluding carboxylic acids is 1. The summed E-state index contributed by atoms with van der Waals surface area (Å²) in [5.74, 6) is 0. The molecule has 0 radical (unpaired) electrons. The maximum atomic E-state index is 12.2.